The first-order valence-corrected chi connectivity index (χ1v) is 3.92. The van der Waals surface area contributed by atoms with Gasteiger partial charge in [-0.2, -0.15) is 5.10 Å². The number of allylic oxidation sites excluding steroid dienone is 1. The Bertz CT molecular complexity index is 431. The average molecular weight is 175 g/mol. The normalized spacial score (nSPS) is 11.4. The molecular weight excluding hydrogens is 166 g/mol. The van der Waals surface area contributed by atoms with E-state index in [0.29, 0.717) is 6.42 Å². The van der Waals surface area contributed by atoms with Gasteiger partial charge in [0.15, 0.2) is 0 Å². The van der Waals surface area contributed by atoms with Gasteiger partial charge in [-0.15, -0.1) is 0 Å². The number of nitrogens with one attached hydrogen (secondary N) is 1. The second kappa shape index (κ2) is 3.22. The largest absolute Gasteiger partial charge is 0.405 e. The maximum absolute atomic E-state index is 5.21. The van der Waals surface area contributed by atoms with Gasteiger partial charge < -0.3 is 5.73 Å². The van der Waals surface area contributed by atoms with Crippen molar-refractivity contribution in [2.45, 2.75) is 6.42 Å². The molecule has 0 radical (unpaired) electrons. The van der Waals surface area contributed by atoms with Crippen molar-refractivity contribution in [1.82, 2.24) is 20.2 Å². The Morgan fingerprint density at radius 1 is 1.46 bits per heavy atom. The number of hydrogen-bond acceptors (Lipinski definition) is 4. The molecule has 5 heteroatoms. The molecule has 13 heavy (non-hydrogen) atoms. The highest BCUT2D eigenvalue weighted by Gasteiger charge is 1.98. The zero-order valence-corrected chi connectivity index (χ0v) is 6.94. The van der Waals surface area contributed by atoms with E-state index in [2.05, 4.69) is 20.2 Å². The minimum Gasteiger partial charge on any atom is -0.405 e. The van der Waals surface area contributed by atoms with Crippen LogP contribution in [0.1, 0.15) is 5.82 Å². The number of aromatic nitrogens is 4. The highest BCUT2D eigenvalue weighted by Crippen LogP contribution is 2.05. The molecule has 0 bridgehead atoms. The van der Waals surface area contributed by atoms with E-state index in [1.807, 2.05) is 0 Å². The number of nitrogens with zero attached hydrogens (tertiary/aromatic N) is 3. The number of rotatable bonds is 2. The molecule has 5 nitrogen and oxygen atoms in total. The quantitative estimate of drug-likeness (QED) is 0.690. The molecular formula is C8H9N5. The Morgan fingerprint density at radius 2 is 2.38 bits per heavy atom. The maximum atomic E-state index is 5.21. The lowest BCUT2D eigenvalue weighted by atomic mass is 10.3. The third-order valence-electron chi connectivity index (χ3n) is 1.68. The molecule has 2 heterocycles. The fourth-order valence-corrected chi connectivity index (χ4v) is 1.05. The number of H-pyrrole nitrogens is 1. The van der Waals surface area contributed by atoms with Gasteiger partial charge in [-0.1, -0.05) is 6.08 Å². The predicted molar refractivity (Wildman–Crippen MR) is 48.7 cm³/mol. The molecule has 0 aliphatic heterocycles. The molecule has 0 saturated carbocycles. The van der Waals surface area contributed by atoms with Gasteiger partial charge in [0.25, 0.3) is 0 Å². The highest BCUT2D eigenvalue weighted by molar-refractivity contribution is 5.71. The number of fused-ring (bicyclic) bond motifs is 1. The molecule has 0 amide bonds. The van der Waals surface area contributed by atoms with Crippen LogP contribution in [0.25, 0.3) is 11.0 Å². The van der Waals surface area contributed by atoms with Crippen molar-refractivity contribution >= 4 is 11.0 Å². The van der Waals surface area contributed by atoms with Crippen LogP contribution >= 0.6 is 0 Å². The molecule has 2 aromatic heterocycles. The summed E-state index contributed by atoms with van der Waals surface area (Å²) < 4.78 is 0. The molecule has 0 atom stereocenters. The molecule has 66 valence electrons. The standard InChI is InChI=1S/C8H9N5/c9-3-1-2-8-10-4-7-6(12-8)5-11-13-7/h1,3-5H,2,9H2,(H,11,13). The van der Waals surface area contributed by atoms with Gasteiger partial charge in [0.05, 0.1) is 12.4 Å². The Balaban J connectivity index is 2.36. The molecule has 0 aliphatic rings. The highest BCUT2D eigenvalue weighted by atomic mass is 15.1. The summed E-state index contributed by atoms with van der Waals surface area (Å²) >= 11 is 0. The molecule has 3 N–H and O–H groups in total. The molecule has 2 rings (SSSR count). The topological polar surface area (TPSA) is 80.5 Å². The first-order chi connectivity index (χ1) is 6.40. The average Bonchev–Trinajstić information content (AvgIpc) is 2.61. The summed E-state index contributed by atoms with van der Waals surface area (Å²) in [5, 5.41) is 6.64. The lowest BCUT2D eigenvalue weighted by Gasteiger charge is -1.93. The second-order valence-electron chi connectivity index (χ2n) is 2.59. The van der Waals surface area contributed by atoms with E-state index < -0.39 is 0 Å². The summed E-state index contributed by atoms with van der Waals surface area (Å²) in [6.45, 7) is 0. The number of aromatic amines is 1. The first kappa shape index (κ1) is 7.72. The first-order valence-electron chi connectivity index (χ1n) is 3.92. The van der Waals surface area contributed by atoms with Gasteiger partial charge in [0, 0.05) is 6.42 Å². The van der Waals surface area contributed by atoms with Crippen molar-refractivity contribution in [1.29, 1.82) is 0 Å². The van der Waals surface area contributed by atoms with Crippen molar-refractivity contribution in [2.75, 3.05) is 0 Å². The van der Waals surface area contributed by atoms with Crippen LogP contribution in [0.15, 0.2) is 24.7 Å². The van der Waals surface area contributed by atoms with E-state index >= 15 is 0 Å². The van der Waals surface area contributed by atoms with Crippen LogP contribution in [0.3, 0.4) is 0 Å². The van der Waals surface area contributed by atoms with Gasteiger partial charge in [0.1, 0.15) is 16.9 Å². The third-order valence-corrected chi connectivity index (χ3v) is 1.68. The molecule has 0 unspecified atom stereocenters. The van der Waals surface area contributed by atoms with E-state index in [0.717, 1.165) is 16.9 Å². The van der Waals surface area contributed by atoms with Crippen molar-refractivity contribution in [3.8, 4) is 0 Å². The summed E-state index contributed by atoms with van der Waals surface area (Å²) in [5.74, 6) is 0.746. The van der Waals surface area contributed by atoms with Crippen molar-refractivity contribution in [2.24, 2.45) is 5.73 Å². The van der Waals surface area contributed by atoms with Crippen LogP contribution in [0.2, 0.25) is 0 Å². The van der Waals surface area contributed by atoms with Crippen LogP contribution in [-0.2, 0) is 6.42 Å². The Kier molecular flexibility index (Phi) is 1.91. The molecule has 0 spiro atoms. The zero-order valence-electron chi connectivity index (χ0n) is 6.94. The van der Waals surface area contributed by atoms with Gasteiger partial charge in [0.2, 0.25) is 0 Å². The van der Waals surface area contributed by atoms with Crippen LogP contribution < -0.4 is 5.73 Å². The van der Waals surface area contributed by atoms with Crippen LogP contribution in [0.4, 0.5) is 0 Å². The van der Waals surface area contributed by atoms with Crippen molar-refractivity contribution in [3.63, 3.8) is 0 Å². The van der Waals surface area contributed by atoms with E-state index in [9.17, 15) is 0 Å². The van der Waals surface area contributed by atoms with Gasteiger partial charge in [-0.05, 0) is 6.20 Å². The van der Waals surface area contributed by atoms with Crippen molar-refractivity contribution < 1.29 is 0 Å². The molecule has 0 saturated heterocycles. The van der Waals surface area contributed by atoms with E-state index in [1.165, 1.54) is 6.20 Å². The summed E-state index contributed by atoms with van der Waals surface area (Å²) in [6, 6.07) is 0. The van der Waals surface area contributed by atoms with E-state index in [4.69, 9.17) is 5.73 Å². The Labute approximate surface area is 74.7 Å². The second-order valence-corrected chi connectivity index (χ2v) is 2.59. The fourth-order valence-electron chi connectivity index (χ4n) is 1.05. The van der Waals surface area contributed by atoms with Crippen LogP contribution in [0.5, 0.6) is 0 Å². The third kappa shape index (κ3) is 1.48. The van der Waals surface area contributed by atoms with E-state index in [1.54, 1.807) is 18.5 Å². The molecule has 2 aromatic rings. The predicted octanol–water partition coefficient (Wildman–Crippen LogP) is 0.368. The SMILES string of the molecule is NC=CCc1ncc2[nH]ncc2n1. The number of hydrogen-bond donors (Lipinski definition) is 2. The monoisotopic (exact) mass is 175 g/mol. The van der Waals surface area contributed by atoms with Crippen molar-refractivity contribution in [3.05, 3.63) is 30.5 Å². The minimum absolute atomic E-state index is 0.650. The minimum atomic E-state index is 0.650. The fraction of sp³-hybridized carbons (Fsp3) is 0.125. The maximum Gasteiger partial charge on any atom is 0.132 e. The van der Waals surface area contributed by atoms with Crippen LogP contribution in [-0.4, -0.2) is 20.2 Å². The summed E-state index contributed by atoms with van der Waals surface area (Å²) in [6.07, 6.45) is 7.34. The van der Waals surface area contributed by atoms with Crippen LogP contribution in [0, 0.1) is 0 Å². The lowest BCUT2D eigenvalue weighted by molar-refractivity contribution is 1.01. The molecule has 0 aliphatic carbocycles. The molecule has 0 aromatic carbocycles. The zero-order chi connectivity index (χ0) is 9.10. The summed E-state index contributed by atoms with van der Waals surface area (Å²) in [4.78, 5) is 8.39. The van der Waals surface area contributed by atoms with Gasteiger partial charge in [-0.3, -0.25) is 5.10 Å². The van der Waals surface area contributed by atoms with Gasteiger partial charge >= 0.3 is 0 Å². The lowest BCUT2D eigenvalue weighted by Crippen LogP contribution is -1.92. The molecule has 0 fully saturated rings. The number of nitrogens with two attached hydrogens (primary N) is 1. The summed E-state index contributed by atoms with van der Waals surface area (Å²) in [5.41, 5.74) is 6.89. The smallest absolute Gasteiger partial charge is 0.132 e. The Hall–Kier alpha value is -1.91. The Morgan fingerprint density at radius 3 is 3.23 bits per heavy atom. The van der Waals surface area contributed by atoms with Gasteiger partial charge in [-0.25, -0.2) is 9.97 Å². The van der Waals surface area contributed by atoms with E-state index in [-0.39, 0.29) is 0 Å². The summed E-state index contributed by atoms with van der Waals surface area (Å²) in [7, 11) is 0.